The summed E-state index contributed by atoms with van der Waals surface area (Å²) in [5.41, 5.74) is 2.01. The number of amides is 2. The number of halogens is 2. The maximum Gasteiger partial charge on any atom is 0.274 e. The van der Waals surface area contributed by atoms with Gasteiger partial charge >= 0.3 is 0 Å². The molecule has 0 bridgehead atoms. The molecule has 34 heavy (non-hydrogen) atoms. The second kappa shape index (κ2) is 9.97. The number of aromatic nitrogens is 2. The average molecular weight is 515 g/mol. The Morgan fingerprint density at radius 3 is 2.26 bits per heavy atom. The van der Waals surface area contributed by atoms with E-state index in [0.717, 1.165) is 23.3 Å². The Kier molecular flexibility index (Phi) is 7.02. The maximum atomic E-state index is 13.3. The first-order chi connectivity index (χ1) is 16.2. The molecule has 4 rings (SSSR count). The summed E-state index contributed by atoms with van der Waals surface area (Å²) >= 11 is 13.1. The minimum Gasteiger partial charge on any atom is -0.321 e. The van der Waals surface area contributed by atoms with E-state index in [1.165, 1.54) is 28.7 Å². The van der Waals surface area contributed by atoms with Gasteiger partial charge in [-0.2, -0.15) is 0 Å². The molecule has 2 heterocycles. The van der Waals surface area contributed by atoms with Crippen LogP contribution in [0.15, 0.2) is 53.3 Å². The Morgan fingerprint density at radius 2 is 1.62 bits per heavy atom. The van der Waals surface area contributed by atoms with E-state index in [9.17, 15) is 14.4 Å². The number of carbonyl (C=O) groups excluding carboxylic acids is 2. The Morgan fingerprint density at radius 1 is 0.971 bits per heavy atom. The lowest BCUT2D eigenvalue weighted by molar-refractivity contribution is 0.0989. The number of benzene rings is 2. The Labute approximate surface area is 209 Å². The zero-order valence-corrected chi connectivity index (χ0v) is 20.6. The van der Waals surface area contributed by atoms with Gasteiger partial charge in [0.2, 0.25) is 0 Å². The number of anilines is 2. The second-order valence-corrected chi connectivity index (χ2v) is 9.52. The lowest BCUT2D eigenvalue weighted by Gasteiger charge is -2.09. The van der Waals surface area contributed by atoms with Crippen molar-refractivity contribution in [3.05, 3.63) is 90.8 Å². The van der Waals surface area contributed by atoms with Crippen molar-refractivity contribution in [2.45, 2.75) is 26.7 Å². The number of rotatable bonds is 6. The first-order valence-electron chi connectivity index (χ1n) is 10.5. The molecule has 0 atom stereocenters. The summed E-state index contributed by atoms with van der Waals surface area (Å²) in [5, 5.41) is 6.16. The summed E-state index contributed by atoms with van der Waals surface area (Å²) in [4.78, 5) is 44.3. The molecule has 0 unspecified atom stereocenters. The smallest absolute Gasteiger partial charge is 0.274 e. The number of nitrogens with zero attached hydrogens (tertiary/aromatic N) is 2. The fourth-order valence-corrected chi connectivity index (χ4v) is 4.97. The van der Waals surface area contributed by atoms with Gasteiger partial charge in [-0.05, 0) is 43.7 Å². The number of carbonyl (C=O) groups is 2. The molecule has 10 heteroatoms. The Bertz CT molecular complexity index is 1440. The van der Waals surface area contributed by atoms with Gasteiger partial charge < -0.3 is 10.6 Å². The predicted octanol–water partition coefficient (Wildman–Crippen LogP) is 5.83. The monoisotopic (exact) mass is 514 g/mol. The van der Waals surface area contributed by atoms with E-state index in [1.807, 2.05) is 26.0 Å². The lowest BCUT2D eigenvalue weighted by Crippen LogP contribution is -2.25. The third kappa shape index (κ3) is 5.14. The summed E-state index contributed by atoms with van der Waals surface area (Å²) in [5.74, 6) is -1.18. The van der Waals surface area contributed by atoms with Gasteiger partial charge in [0.25, 0.3) is 17.4 Å². The lowest BCUT2D eigenvalue weighted by atomic mass is 10.2. The molecule has 2 aromatic carbocycles. The zero-order chi connectivity index (χ0) is 24.4. The van der Waals surface area contributed by atoms with Gasteiger partial charge in [0.05, 0.1) is 0 Å². The summed E-state index contributed by atoms with van der Waals surface area (Å²) < 4.78 is 1.17. The number of hydrogen-bond donors (Lipinski definition) is 2. The number of fused-ring (bicyclic) bond motifs is 1. The third-order valence-corrected chi connectivity index (χ3v) is 6.41. The van der Waals surface area contributed by atoms with Crippen LogP contribution in [-0.2, 0) is 6.42 Å². The van der Waals surface area contributed by atoms with Gasteiger partial charge in [-0.3, -0.25) is 14.4 Å². The van der Waals surface area contributed by atoms with E-state index in [4.69, 9.17) is 23.2 Å². The van der Waals surface area contributed by atoms with Crippen LogP contribution < -0.4 is 16.2 Å². The normalized spacial score (nSPS) is 10.9. The SMILES string of the molecule is CCCc1cc(=O)n2c(C(=O)Nc3ccc(C)cc3)c(C(=O)Nc3cc(Cl)cc(Cl)c3)sc2n1. The fraction of sp³-hybridized carbons (Fsp3) is 0.167. The molecule has 0 aliphatic rings. The Hall–Kier alpha value is -3.20. The van der Waals surface area contributed by atoms with Crippen LogP contribution in [0.25, 0.3) is 4.96 Å². The van der Waals surface area contributed by atoms with Gasteiger partial charge in [-0.25, -0.2) is 9.38 Å². The zero-order valence-electron chi connectivity index (χ0n) is 18.3. The van der Waals surface area contributed by atoms with Gasteiger partial charge in [-0.1, -0.05) is 65.6 Å². The van der Waals surface area contributed by atoms with Crippen LogP contribution in [0.2, 0.25) is 10.0 Å². The number of nitrogens with one attached hydrogen (secondary N) is 2. The van der Waals surface area contributed by atoms with Crippen molar-refractivity contribution in [1.29, 1.82) is 0 Å². The predicted molar refractivity (Wildman–Crippen MR) is 137 cm³/mol. The Balaban J connectivity index is 1.81. The average Bonchev–Trinajstić information content (AvgIpc) is 3.15. The highest BCUT2D eigenvalue weighted by molar-refractivity contribution is 7.19. The van der Waals surface area contributed by atoms with Crippen molar-refractivity contribution in [2.75, 3.05) is 10.6 Å². The van der Waals surface area contributed by atoms with Crippen LogP contribution >= 0.6 is 34.5 Å². The second-order valence-electron chi connectivity index (χ2n) is 7.67. The van der Waals surface area contributed by atoms with E-state index in [2.05, 4.69) is 15.6 Å². The summed E-state index contributed by atoms with van der Waals surface area (Å²) in [6, 6.07) is 13.2. The van der Waals surface area contributed by atoms with E-state index in [1.54, 1.807) is 12.1 Å². The largest absolute Gasteiger partial charge is 0.321 e. The molecule has 2 N–H and O–H groups in total. The molecule has 7 nitrogen and oxygen atoms in total. The number of hydrogen-bond acceptors (Lipinski definition) is 5. The molecule has 0 fully saturated rings. The fourth-order valence-electron chi connectivity index (χ4n) is 3.41. The van der Waals surface area contributed by atoms with E-state index >= 15 is 0 Å². The molecule has 2 aromatic heterocycles. The third-order valence-electron chi connectivity index (χ3n) is 4.93. The molecule has 0 aliphatic carbocycles. The molecule has 0 radical (unpaired) electrons. The minimum absolute atomic E-state index is 0.0407. The van der Waals surface area contributed by atoms with Crippen molar-refractivity contribution in [3.63, 3.8) is 0 Å². The van der Waals surface area contributed by atoms with Crippen molar-refractivity contribution in [1.82, 2.24) is 9.38 Å². The van der Waals surface area contributed by atoms with Crippen LogP contribution in [0.1, 0.15) is 44.8 Å². The maximum absolute atomic E-state index is 13.3. The van der Waals surface area contributed by atoms with Crippen LogP contribution in [-0.4, -0.2) is 21.2 Å². The first kappa shape index (κ1) is 23.9. The first-order valence-corrected chi connectivity index (χ1v) is 12.0. The van der Waals surface area contributed by atoms with E-state index in [0.29, 0.717) is 33.5 Å². The van der Waals surface area contributed by atoms with Crippen molar-refractivity contribution in [2.24, 2.45) is 0 Å². The molecule has 0 saturated carbocycles. The summed E-state index contributed by atoms with van der Waals surface area (Å²) in [6.45, 7) is 3.91. The molecule has 0 spiro atoms. The molecular formula is C24H20Cl2N4O3S. The quantitative estimate of drug-likeness (QED) is 0.338. The molecular weight excluding hydrogens is 495 g/mol. The standard InChI is InChI=1S/C24H20Cl2N4O3S/c1-3-4-17-12-19(31)30-20(22(32)27-16-7-5-13(2)6-8-16)21(34-24(30)29-17)23(33)28-18-10-14(25)9-15(26)11-18/h5-12H,3-4H2,1-2H3,(H,27,32)(H,28,33). The molecule has 0 aliphatic heterocycles. The van der Waals surface area contributed by atoms with Gasteiger partial charge in [-0.15, -0.1) is 0 Å². The molecule has 4 aromatic rings. The van der Waals surface area contributed by atoms with Crippen molar-refractivity contribution >= 4 is 62.7 Å². The minimum atomic E-state index is -0.600. The molecule has 174 valence electrons. The van der Waals surface area contributed by atoms with E-state index < -0.39 is 17.4 Å². The van der Waals surface area contributed by atoms with Gasteiger partial charge in [0, 0.05) is 33.2 Å². The topological polar surface area (TPSA) is 92.6 Å². The van der Waals surface area contributed by atoms with Crippen molar-refractivity contribution in [3.8, 4) is 0 Å². The van der Waals surface area contributed by atoms with Crippen LogP contribution in [0.4, 0.5) is 11.4 Å². The summed E-state index contributed by atoms with van der Waals surface area (Å²) in [7, 11) is 0. The van der Waals surface area contributed by atoms with Gasteiger partial charge in [0.15, 0.2) is 4.96 Å². The van der Waals surface area contributed by atoms with Crippen LogP contribution in [0.5, 0.6) is 0 Å². The van der Waals surface area contributed by atoms with Crippen LogP contribution in [0, 0.1) is 6.92 Å². The highest BCUT2D eigenvalue weighted by Crippen LogP contribution is 2.27. The molecule has 2 amide bonds. The highest BCUT2D eigenvalue weighted by Gasteiger charge is 2.26. The van der Waals surface area contributed by atoms with Gasteiger partial charge in [0.1, 0.15) is 10.6 Å². The number of thiazole rings is 1. The van der Waals surface area contributed by atoms with Crippen LogP contribution in [0.3, 0.4) is 0 Å². The van der Waals surface area contributed by atoms with E-state index in [-0.39, 0.29) is 15.5 Å². The molecule has 0 saturated heterocycles. The number of aryl methyl sites for hydroxylation is 2. The van der Waals surface area contributed by atoms with Crippen molar-refractivity contribution < 1.29 is 9.59 Å². The summed E-state index contributed by atoms with van der Waals surface area (Å²) in [6.07, 6.45) is 1.41. The highest BCUT2D eigenvalue weighted by atomic mass is 35.5.